The fourth-order valence-corrected chi connectivity index (χ4v) is 4.15. The predicted octanol–water partition coefficient (Wildman–Crippen LogP) is 4.11. The molecule has 0 fully saturated rings. The molecule has 2 aromatic rings. The lowest BCUT2D eigenvalue weighted by molar-refractivity contribution is -0.115. The van der Waals surface area contributed by atoms with Crippen LogP contribution in [-0.4, -0.2) is 29.8 Å². The third-order valence-corrected chi connectivity index (χ3v) is 5.58. The third-order valence-electron chi connectivity index (χ3n) is 5.58. The van der Waals surface area contributed by atoms with E-state index in [1.807, 2.05) is 6.07 Å². The minimum absolute atomic E-state index is 0.0662. The van der Waals surface area contributed by atoms with Gasteiger partial charge in [-0.15, -0.1) is 0 Å². The Hall–Kier alpha value is -4.06. The molecule has 1 atom stereocenters. The second-order valence-electron chi connectivity index (χ2n) is 7.38. The van der Waals surface area contributed by atoms with Gasteiger partial charge in [0.1, 0.15) is 18.5 Å². The van der Waals surface area contributed by atoms with E-state index in [1.54, 1.807) is 18.2 Å². The van der Waals surface area contributed by atoms with Gasteiger partial charge in [0.05, 0.1) is 17.3 Å². The number of rotatable bonds is 3. The minimum atomic E-state index is -1.29. The Morgan fingerprint density at radius 3 is 2.66 bits per heavy atom. The maximum Gasteiger partial charge on any atom is 0.337 e. The normalized spacial score (nSPS) is 18.0. The number of halogens is 2. The fourth-order valence-electron chi connectivity index (χ4n) is 4.15. The van der Waals surface area contributed by atoms with E-state index >= 15 is 0 Å². The van der Waals surface area contributed by atoms with Crippen LogP contribution < -0.4 is 10.2 Å². The molecule has 1 N–H and O–H groups in total. The van der Waals surface area contributed by atoms with Gasteiger partial charge in [0.2, 0.25) is 0 Å². The molecule has 4 amide bonds. The maximum atomic E-state index is 15.0. The number of benzene rings is 2. The van der Waals surface area contributed by atoms with E-state index in [2.05, 4.69) is 5.32 Å². The van der Waals surface area contributed by atoms with Gasteiger partial charge in [0, 0.05) is 30.3 Å². The number of anilines is 1. The number of nitrogens with zero attached hydrogens (tertiary/aromatic N) is 3. The smallest absolute Gasteiger partial charge is 0.337 e. The highest BCUT2D eigenvalue weighted by Crippen LogP contribution is 2.45. The Kier molecular flexibility index (Phi) is 5.45. The van der Waals surface area contributed by atoms with E-state index in [9.17, 15) is 23.2 Å². The van der Waals surface area contributed by atoms with E-state index in [-0.39, 0.29) is 35.3 Å². The molecule has 4 rings (SSSR count). The molecule has 0 radical (unpaired) electrons. The van der Waals surface area contributed by atoms with Crippen LogP contribution in [0.5, 0.6) is 0 Å². The molecular weight excluding hydrogens is 418 g/mol. The number of nitrogens with one attached hydrogen (secondary N) is 1. The number of Topliss-reactive ketones (excluding diaryl/α,β-unsaturated/α-hetero) is 1. The summed E-state index contributed by atoms with van der Waals surface area (Å²) in [6, 6.07) is 8.76. The van der Waals surface area contributed by atoms with Crippen LogP contribution in [0.2, 0.25) is 0 Å². The maximum absolute atomic E-state index is 15.0. The van der Waals surface area contributed by atoms with Crippen molar-refractivity contribution in [1.82, 2.24) is 10.2 Å². The number of carbonyl (C=O) groups is 3. The number of hydrogen-bond donors (Lipinski definition) is 1. The van der Waals surface area contributed by atoms with Crippen molar-refractivity contribution in [2.75, 3.05) is 11.9 Å². The first-order valence-electron chi connectivity index (χ1n) is 9.87. The molecule has 1 heterocycles. The lowest BCUT2D eigenvalue weighted by Gasteiger charge is -2.40. The number of ketones is 1. The molecule has 2 aliphatic rings. The summed E-state index contributed by atoms with van der Waals surface area (Å²) in [5, 5.41) is 11.4. The van der Waals surface area contributed by atoms with Crippen molar-refractivity contribution in [3.05, 3.63) is 76.2 Å². The van der Waals surface area contributed by atoms with Crippen LogP contribution in [0.25, 0.3) is 0 Å². The van der Waals surface area contributed by atoms with E-state index in [0.717, 1.165) is 11.0 Å². The first-order chi connectivity index (χ1) is 15.4. The lowest BCUT2D eigenvalue weighted by Crippen LogP contribution is -2.55. The number of nitriles is 1. The van der Waals surface area contributed by atoms with E-state index in [1.165, 1.54) is 30.1 Å². The van der Waals surface area contributed by atoms with Gasteiger partial charge < -0.3 is 5.32 Å². The number of alkyl halides is 1. The second kappa shape index (κ2) is 8.23. The van der Waals surface area contributed by atoms with Crippen molar-refractivity contribution in [2.24, 2.45) is 0 Å². The predicted molar refractivity (Wildman–Crippen MR) is 111 cm³/mol. The number of hydrogen-bond acceptors (Lipinski definition) is 4. The molecule has 0 spiro atoms. The summed E-state index contributed by atoms with van der Waals surface area (Å²) in [5.41, 5.74) is 1.11. The molecule has 0 bridgehead atoms. The zero-order valence-electron chi connectivity index (χ0n) is 17.1. The molecule has 0 unspecified atom stereocenters. The van der Waals surface area contributed by atoms with Crippen LogP contribution in [-0.2, 0) is 11.5 Å². The number of allylic oxidation sites excluding steroid dienone is 1. The largest absolute Gasteiger partial charge is 0.341 e. The standard InChI is InChI=1S/C23H18F2N4O3/c1-27-22(31)29-21(16-6-5-14(12-26)10-17(16)25)20-18(7-8-19(20)30)28(23(29)32)15-4-2-3-13(9-15)11-24/h2-6,9-10,21H,7-8,11H2,1H3,(H,27,31)/t21-/m0/s1. The molecule has 9 heteroatoms. The highest BCUT2D eigenvalue weighted by molar-refractivity contribution is 6.12. The highest BCUT2D eigenvalue weighted by atomic mass is 19.1. The van der Waals surface area contributed by atoms with Crippen molar-refractivity contribution >= 4 is 23.5 Å². The first-order valence-corrected chi connectivity index (χ1v) is 9.87. The summed E-state index contributed by atoms with van der Waals surface area (Å²) in [5.74, 6) is -1.13. The average molecular weight is 436 g/mol. The van der Waals surface area contributed by atoms with Gasteiger partial charge in [-0.05, 0) is 36.2 Å². The zero-order valence-corrected chi connectivity index (χ0v) is 17.1. The Labute approximate surface area is 182 Å². The van der Waals surface area contributed by atoms with Crippen LogP contribution in [0.3, 0.4) is 0 Å². The van der Waals surface area contributed by atoms with Crippen LogP contribution in [0.4, 0.5) is 24.1 Å². The topological polar surface area (TPSA) is 93.5 Å². The van der Waals surface area contributed by atoms with Crippen molar-refractivity contribution in [3.63, 3.8) is 0 Å². The molecule has 0 saturated heterocycles. The summed E-state index contributed by atoms with van der Waals surface area (Å²) < 4.78 is 28.2. The summed E-state index contributed by atoms with van der Waals surface area (Å²) in [6.07, 6.45) is 0.309. The molecule has 32 heavy (non-hydrogen) atoms. The van der Waals surface area contributed by atoms with Crippen LogP contribution in [0.1, 0.15) is 35.6 Å². The monoisotopic (exact) mass is 436 g/mol. The van der Waals surface area contributed by atoms with Crippen LogP contribution >= 0.6 is 0 Å². The Morgan fingerprint density at radius 2 is 2.00 bits per heavy atom. The third kappa shape index (κ3) is 3.30. The van der Waals surface area contributed by atoms with Gasteiger partial charge in [-0.25, -0.2) is 23.3 Å². The van der Waals surface area contributed by atoms with Gasteiger partial charge in [-0.1, -0.05) is 18.2 Å². The number of carbonyl (C=O) groups excluding carboxylic acids is 3. The van der Waals surface area contributed by atoms with Gasteiger partial charge >= 0.3 is 12.1 Å². The van der Waals surface area contributed by atoms with Crippen molar-refractivity contribution in [2.45, 2.75) is 25.6 Å². The Balaban J connectivity index is 1.96. The van der Waals surface area contributed by atoms with Crippen molar-refractivity contribution in [1.29, 1.82) is 5.26 Å². The van der Waals surface area contributed by atoms with Gasteiger partial charge in [-0.3, -0.25) is 9.69 Å². The van der Waals surface area contributed by atoms with E-state index in [0.29, 0.717) is 16.9 Å². The number of urea groups is 2. The van der Waals surface area contributed by atoms with E-state index in [4.69, 9.17) is 5.26 Å². The van der Waals surface area contributed by atoms with Gasteiger partial charge in [0.15, 0.2) is 5.78 Å². The van der Waals surface area contributed by atoms with Crippen LogP contribution in [0, 0.1) is 17.1 Å². The molecular formula is C23H18F2N4O3. The highest BCUT2D eigenvalue weighted by Gasteiger charge is 2.49. The summed E-state index contributed by atoms with van der Waals surface area (Å²) in [4.78, 5) is 41.3. The number of imide groups is 1. The van der Waals surface area contributed by atoms with Crippen molar-refractivity contribution < 1.29 is 23.2 Å². The summed E-state index contributed by atoms with van der Waals surface area (Å²) in [7, 11) is 1.32. The van der Waals surface area contributed by atoms with E-state index < -0.39 is 30.6 Å². The summed E-state index contributed by atoms with van der Waals surface area (Å²) in [6.45, 7) is -0.751. The zero-order chi connectivity index (χ0) is 23.0. The quantitative estimate of drug-likeness (QED) is 0.784. The molecule has 1 aliphatic carbocycles. The molecule has 7 nitrogen and oxygen atoms in total. The second-order valence-corrected chi connectivity index (χ2v) is 7.38. The lowest BCUT2D eigenvalue weighted by atomic mass is 9.92. The Morgan fingerprint density at radius 1 is 1.22 bits per heavy atom. The first kappa shape index (κ1) is 21.2. The minimum Gasteiger partial charge on any atom is -0.341 e. The molecule has 0 aromatic heterocycles. The molecule has 1 aliphatic heterocycles. The SMILES string of the molecule is CNC(=O)N1C(=O)N(c2cccc(CF)c2)C2=C(C(=O)CC2)[C@@H]1c1ccc(C#N)cc1F. The summed E-state index contributed by atoms with van der Waals surface area (Å²) >= 11 is 0. The van der Waals surface area contributed by atoms with Gasteiger partial charge in [0.25, 0.3) is 0 Å². The average Bonchev–Trinajstić information content (AvgIpc) is 3.18. The van der Waals surface area contributed by atoms with Crippen molar-refractivity contribution in [3.8, 4) is 6.07 Å². The molecule has 2 aromatic carbocycles. The van der Waals surface area contributed by atoms with Gasteiger partial charge in [-0.2, -0.15) is 5.26 Å². The fraction of sp³-hybridized carbons (Fsp3) is 0.217. The number of amides is 4. The molecule has 162 valence electrons. The van der Waals surface area contributed by atoms with Crippen LogP contribution in [0.15, 0.2) is 53.7 Å². The Bertz CT molecular complexity index is 1220. The molecule has 0 saturated carbocycles.